The molecule has 3 aromatic rings. The SMILES string of the molecule is CCCCCN1/C(=C/C=C\C=C/c2sc3ccccc3[n+]2CCCCC)Sc2ccccc21. The smallest absolute Gasteiger partial charge is 0.262 e. The van der Waals surface area contributed by atoms with Gasteiger partial charge < -0.3 is 4.90 Å². The fourth-order valence-electron chi connectivity index (χ4n) is 4.19. The minimum atomic E-state index is 1.09. The van der Waals surface area contributed by atoms with Crippen molar-refractivity contribution >= 4 is 45.1 Å². The van der Waals surface area contributed by atoms with Crippen molar-refractivity contribution in [1.29, 1.82) is 0 Å². The monoisotopic (exact) mass is 475 g/mol. The van der Waals surface area contributed by atoms with Gasteiger partial charge in [0.1, 0.15) is 4.70 Å². The first-order chi connectivity index (χ1) is 16.3. The molecular formula is C29H35N2S2+. The van der Waals surface area contributed by atoms with Gasteiger partial charge in [-0.25, -0.2) is 0 Å². The maximum Gasteiger partial charge on any atom is 0.262 e. The van der Waals surface area contributed by atoms with Crippen LogP contribution in [0.1, 0.15) is 57.4 Å². The average Bonchev–Trinajstić information content (AvgIpc) is 3.37. The molecule has 0 aliphatic carbocycles. The maximum absolute atomic E-state index is 2.48. The number of unbranched alkanes of at least 4 members (excludes halogenated alkanes) is 4. The molecule has 1 aromatic heterocycles. The number of rotatable bonds is 11. The molecule has 4 rings (SSSR count). The van der Waals surface area contributed by atoms with Gasteiger partial charge in [-0.05, 0) is 37.1 Å². The van der Waals surface area contributed by atoms with Gasteiger partial charge in [0.15, 0.2) is 6.54 Å². The van der Waals surface area contributed by atoms with E-state index >= 15 is 0 Å². The molecule has 0 atom stereocenters. The van der Waals surface area contributed by atoms with Gasteiger partial charge in [-0.3, -0.25) is 0 Å². The lowest BCUT2D eigenvalue weighted by molar-refractivity contribution is -0.669. The highest BCUT2D eigenvalue weighted by atomic mass is 32.2. The quantitative estimate of drug-likeness (QED) is 0.156. The van der Waals surface area contributed by atoms with E-state index in [1.54, 1.807) is 0 Å². The molecule has 1 aliphatic rings. The third kappa shape index (κ3) is 5.99. The number of anilines is 1. The summed E-state index contributed by atoms with van der Waals surface area (Å²) in [5.74, 6) is 0. The Kier molecular flexibility index (Phi) is 8.85. The summed E-state index contributed by atoms with van der Waals surface area (Å²) in [7, 11) is 0. The first kappa shape index (κ1) is 23.8. The van der Waals surface area contributed by atoms with Gasteiger partial charge in [-0.15, -0.1) is 0 Å². The molecule has 2 heterocycles. The lowest BCUT2D eigenvalue weighted by Gasteiger charge is -2.20. The highest BCUT2D eigenvalue weighted by molar-refractivity contribution is 8.03. The predicted octanol–water partition coefficient (Wildman–Crippen LogP) is 8.59. The van der Waals surface area contributed by atoms with Gasteiger partial charge in [-0.2, -0.15) is 4.57 Å². The second-order valence-corrected chi connectivity index (χ2v) is 10.6. The lowest BCUT2D eigenvalue weighted by Crippen LogP contribution is -2.34. The highest BCUT2D eigenvalue weighted by Crippen LogP contribution is 2.45. The summed E-state index contributed by atoms with van der Waals surface area (Å²) in [6.45, 7) is 6.71. The molecule has 2 aromatic carbocycles. The Morgan fingerprint density at radius 3 is 2.52 bits per heavy atom. The number of fused-ring (bicyclic) bond motifs is 2. The summed E-state index contributed by atoms with van der Waals surface area (Å²) in [5, 5.41) is 2.65. The Morgan fingerprint density at radius 2 is 1.64 bits per heavy atom. The molecule has 172 valence electrons. The standard InChI is InChI=1S/C29H35N2S2/c1-3-5-14-22-30-24-16-10-12-18-26(24)32-28(30)20-8-7-9-21-29-31(23-15-6-4-2)25-17-11-13-19-27(25)33-29/h7-13,16-21H,3-6,14-15,22-23H2,1-2H3/q+1. The number of thioether (sulfide) groups is 1. The molecule has 0 fully saturated rings. The normalized spacial score (nSPS) is 15.0. The molecule has 0 saturated carbocycles. The number of aromatic nitrogens is 1. The molecule has 0 bridgehead atoms. The summed E-state index contributed by atoms with van der Waals surface area (Å²) in [5.41, 5.74) is 2.71. The van der Waals surface area contributed by atoms with Crippen LogP contribution in [0.2, 0.25) is 0 Å². The lowest BCUT2D eigenvalue weighted by atomic mass is 10.2. The van der Waals surface area contributed by atoms with E-state index in [1.807, 2.05) is 23.1 Å². The van der Waals surface area contributed by atoms with Crippen molar-refractivity contribution in [2.45, 2.75) is 63.8 Å². The number of allylic oxidation sites excluding steroid dienone is 4. The zero-order chi connectivity index (χ0) is 22.9. The summed E-state index contributed by atoms with van der Waals surface area (Å²) in [6.07, 6.45) is 18.6. The van der Waals surface area contributed by atoms with E-state index in [2.05, 4.69) is 102 Å². The predicted molar refractivity (Wildman–Crippen MR) is 147 cm³/mol. The van der Waals surface area contributed by atoms with E-state index < -0.39 is 0 Å². The summed E-state index contributed by atoms with van der Waals surface area (Å²) < 4.78 is 3.85. The minimum Gasteiger partial charge on any atom is -0.335 e. The van der Waals surface area contributed by atoms with E-state index in [4.69, 9.17) is 0 Å². The Bertz CT molecular complexity index is 1140. The van der Waals surface area contributed by atoms with Crippen molar-refractivity contribution in [2.75, 3.05) is 11.4 Å². The molecule has 2 nitrogen and oxygen atoms in total. The summed E-state index contributed by atoms with van der Waals surface area (Å²) in [6, 6.07) is 17.5. The Labute approximate surface area is 207 Å². The van der Waals surface area contributed by atoms with Gasteiger partial charge in [0.25, 0.3) is 5.01 Å². The molecule has 0 unspecified atom stereocenters. The Balaban J connectivity index is 1.48. The van der Waals surface area contributed by atoms with Crippen molar-refractivity contribution < 1.29 is 4.57 Å². The van der Waals surface area contributed by atoms with Crippen LogP contribution >= 0.6 is 23.1 Å². The highest BCUT2D eigenvalue weighted by Gasteiger charge is 2.23. The molecule has 33 heavy (non-hydrogen) atoms. The molecule has 0 saturated heterocycles. The minimum absolute atomic E-state index is 1.09. The average molecular weight is 476 g/mol. The fraction of sp³-hybridized carbons (Fsp3) is 0.345. The van der Waals surface area contributed by atoms with Gasteiger partial charge in [0.05, 0.1) is 10.7 Å². The first-order valence-electron chi connectivity index (χ1n) is 12.3. The van der Waals surface area contributed by atoms with Gasteiger partial charge in [0, 0.05) is 30.0 Å². The number of hydrogen-bond donors (Lipinski definition) is 0. The van der Waals surface area contributed by atoms with Crippen molar-refractivity contribution in [3.8, 4) is 0 Å². The van der Waals surface area contributed by atoms with Crippen LogP contribution in [0.5, 0.6) is 0 Å². The van der Waals surface area contributed by atoms with Crippen molar-refractivity contribution in [3.63, 3.8) is 0 Å². The number of para-hydroxylation sites is 2. The van der Waals surface area contributed by atoms with Gasteiger partial charge in [0.2, 0.25) is 5.52 Å². The van der Waals surface area contributed by atoms with Crippen molar-refractivity contribution in [2.24, 2.45) is 0 Å². The van der Waals surface area contributed by atoms with E-state index in [-0.39, 0.29) is 0 Å². The molecule has 0 N–H and O–H groups in total. The first-order valence-corrected chi connectivity index (χ1v) is 14.0. The van der Waals surface area contributed by atoms with Crippen LogP contribution in [0.3, 0.4) is 0 Å². The third-order valence-corrected chi connectivity index (χ3v) is 8.21. The molecule has 0 spiro atoms. The Hall–Kier alpha value is -2.30. The van der Waals surface area contributed by atoms with Gasteiger partial charge in [-0.1, -0.05) is 98.7 Å². The molecule has 0 amide bonds. The molecular weight excluding hydrogens is 440 g/mol. The van der Waals surface area contributed by atoms with Crippen LogP contribution in [-0.2, 0) is 6.54 Å². The fourth-order valence-corrected chi connectivity index (χ4v) is 6.40. The number of hydrogen-bond acceptors (Lipinski definition) is 3. The van der Waals surface area contributed by atoms with Gasteiger partial charge >= 0.3 is 0 Å². The van der Waals surface area contributed by atoms with Crippen molar-refractivity contribution in [1.82, 2.24) is 0 Å². The Morgan fingerprint density at radius 1 is 0.848 bits per heavy atom. The zero-order valence-corrected chi connectivity index (χ0v) is 21.5. The zero-order valence-electron chi connectivity index (χ0n) is 19.9. The number of nitrogens with zero attached hydrogens (tertiary/aromatic N) is 2. The van der Waals surface area contributed by atoms with E-state index in [9.17, 15) is 0 Å². The van der Waals surface area contributed by atoms with Crippen LogP contribution in [0.15, 0.2) is 82.8 Å². The van der Waals surface area contributed by atoms with Crippen LogP contribution < -0.4 is 9.47 Å². The summed E-state index contributed by atoms with van der Waals surface area (Å²) >= 11 is 3.77. The van der Waals surface area contributed by atoms with Crippen LogP contribution in [0.25, 0.3) is 16.3 Å². The molecule has 4 heteroatoms. The molecule has 0 radical (unpaired) electrons. The van der Waals surface area contributed by atoms with E-state index in [0.717, 1.165) is 13.1 Å². The number of benzene rings is 2. The van der Waals surface area contributed by atoms with Crippen LogP contribution in [0, 0.1) is 0 Å². The van der Waals surface area contributed by atoms with Crippen molar-refractivity contribution in [3.05, 3.63) is 82.9 Å². The number of thiazole rings is 1. The second kappa shape index (κ2) is 12.2. The van der Waals surface area contributed by atoms with E-state index in [0.29, 0.717) is 0 Å². The van der Waals surface area contributed by atoms with E-state index in [1.165, 1.54) is 69.4 Å². The summed E-state index contributed by atoms with van der Waals surface area (Å²) in [4.78, 5) is 3.85. The third-order valence-electron chi connectivity index (χ3n) is 5.94. The molecule has 1 aliphatic heterocycles. The van der Waals surface area contributed by atoms with Crippen LogP contribution in [0.4, 0.5) is 5.69 Å². The second-order valence-electron chi connectivity index (χ2n) is 8.44. The topological polar surface area (TPSA) is 7.12 Å². The van der Waals surface area contributed by atoms with Crippen LogP contribution in [-0.4, -0.2) is 6.54 Å². The largest absolute Gasteiger partial charge is 0.335 e. The number of aryl methyl sites for hydroxylation is 1. The maximum atomic E-state index is 2.48.